The molecule has 0 atom stereocenters. The van der Waals surface area contributed by atoms with Gasteiger partial charge in [-0.3, -0.25) is 0 Å². The van der Waals surface area contributed by atoms with E-state index in [1.165, 1.54) is 11.3 Å². The number of hydrogen-bond donors (Lipinski definition) is 0. The minimum absolute atomic E-state index is 0. The zero-order valence-corrected chi connectivity index (χ0v) is 17.2. The van der Waals surface area contributed by atoms with Crippen LogP contribution in [0.25, 0.3) is 11.1 Å². The Hall–Kier alpha value is -0.0266. The summed E-state index contributed by atoms with van der Waals surface area (Å²) in [5.74, 6) is -0.283. The Morgan fingerprint density at radius 2 is 2.00 bits per heavy atom. The molecule has 2 aromatic rings. The van der Waals surface area contributed by atoms with E-state index in [9.17, 15) is 4.79 Å². The van der Waals surface area contributed by atoms with Crippen molar-refractivity contribution in [2.75, 3.05) is 6.61 Å². The van der Waals surface area contributed by atoms with E-state index in [4.69, 9.17) is 4.74 Å². The molecular weight excluding hydrogens is 445 g/mol. The summed E-state index contributed by atoms with van der Waals surface area (Å²) in [5.41, 5.74) is 2.64. The molecule has 0 amide bonds. The standard InChI is InChI=1S/C13H10BrO2S.BrH.Zn/c1-2-16-13(15)10-5-3-9(4-6-10)11-7-12(14)17-8-11;;/h3-7H,2H2,1H3;1H;/p-1. The average Bonchev–Trinajstić information content (AvgIpc) is 2.76. The van der Waals surface area contributed by atoms with Gasteiger partial charge in [0.25, 0.3) is 0 Å². The van der Waals surface area contributed by atoms with Gasteiger partial charge in [0.15, 0.2) is 0 Å². The Morgan fingerprint density at radius 3 is 2.47 bits per heavy atom. The van der Waals surface area contributed by atoms with Crippen LogP contribution in [0.1, 0.15) is 17.3 Å². The molecule has 0 bridgehead atoms. The molecule has 0 saturated heterocycles. The van der Waals surface area contributed by atoms with Crippen molar-refractivity contribution in [2.24, 2.45) is 0 Å². The summed E-state index contributed by atoms with van der Waals surface area (Å²) >= 11 is 4.92. The van der Waals surface area contributed by atoms with Crippen molar-refractivity contribution >= 4 is 33.2 Å². The molecule has 0 N–H and O–H groups in total. The zero-order valence-electron chi connectivity index (χ0n) is 10.3. The fourth-order valence-electron chi connectivity index (χ4n) is 1.42. The molecule has 1 heterocycles. The second kappa shape index (κ2) is 9.01. The van der Waals surface area contributed by atoms with Gasteiger partial charge in [-0.2, -0.15) is 0 Å². The summed E-state index contributed by atoms with van der Waals surface area (Å²) in [6, 6.07) is 9.35. The first-order chi connectivity index (χ1) is 8.20. The molecule has 0 aliphatic heterocycles. The van der Waals surface area contributed by atoms with Gasteiger partial charge in [-0.25, -0.2) is 4.79 Å². The third kappa shape index (κ3) is 5.10. The number of hydrogen-bond acceptors (Lipinski definition) is 3. The predicted octanol–water partition coefficient (Wildman–Crippen LogP) is 1.16. The van der Waals surface area contributed by atoms with E-state index < -0.39 is 0 Å². The number of thiophene rings is 1. The van der Waals surface area contributed by atoms with Crippen LogP contribution in [-0.2, 0) is 24.2 Å². The van der Waals surface area contributed by atoms with E-state index in [0.717, 1.165) is 14.9 Å². The quantitative estimate of drug-likeness (QED) is 0.513. The van der Waals surface area contributed by atoms with E-state index in [-0.39, 0.29) is 42.4 Å². The number of rotatable bonds is 3. The van der Waals surface area contributed by atoms with Gasteiger partial charge in [0.05, 0.1) is 21.3 Å². The molecule has 6 heteroatoms. The van der Waals surface area contributed by atoms with Crippen molar-refractivity contribution in [3.63, 3.8) is 0 Å². The topological polar surface area (TPSA) is 26.3 Å². The molecule has 97 valence electrons. The van der Waals surface area contributed by atoms with Gasteiger partial charge in [-0.15, -0.1) is 11.3 Å². The monoisotopic (exact) mass is 452 g/mol. The van der Waals surface area contributed by atoms with Gasteiger partial charge in [0.2, 0.25) is 0 Å². The normalized spacial score (nSPS) is 9.16. The first-order valence-corrected chi connectivity index (χ1v) is 6.76. The maximum Gasteiger partial charge on any atom is 0.338 e. The molecule has 1 aromatic heterocycles. The summed E-state index contributed by atoms with van der Waals surface area (Å²) < 4.78 is 5.97. The fraction of sp³-hybridized carbons (Fsp3) is 0.154. The summed E-state index contributed by atoms with van der Waals surface area (Å²) in [7, 11) is 0. The van der Waals surface area contributed by atoms with Crippen LogP contribution in [0, 0.1) is 5.38 Å². The number of benzene rings is 1. The SMILES string of the molecule is CCOC(=O)c1ccc(-c2[c]sc(Br)c2)cc1.[Br-].[Zn]. The van der Waals surface area contributed by atoms with Crippen LogP contribution in [0.2, 0.25) is 0 Å². The van der Waals surface area contributed by atoms with Crippen LogP contribution in [0.15, 0.2) is 34.1 Å². The van der Waals surface area contributed by atoms with Crippen molar-refractivity contribution in [3.8, 4) is 11.1 Å². The molecule has 0 fully saturated rings. The number of carbonyl (C=O) groups is 1. The Morgan fingerprint density at radius 1 is 1.37 bits per heavy atom. The van der Waals surface area contributed by atoms with Crippen molar-refractivity contribution in [1.82, 2.24) is 0 Å². The number of carbonyl (C=O) groups excluding carboxylic acids is 1. The summed E-state index contributed by atoms with van der Waals surface area (Å²) in [6.07, 6.45) is 0. The predicted molar refractivity (Wildman–Crippen MR) is 72.2 cm³/mol. The molecule has 19 heavy (non-hydrogen) atoms. The first kappa shape index (κ1) is 19.0. The van der Waals surface area contributed by atoms with Gasteiger partial charge < -0.3 is 21.7 Å². The number of ether oxygens (including phenoxy) is 1. The van der Waals surface area contributed by atoms with E-state index in [1.54, 1.807) is 19.1 Å². The first-order valence-electron chi connectivity index (χ1n) is 5.15. The maximum absolute atomic E-state index is 11.5. The average molecular weight is 455 g/mol. The smallest absolute Gasteiger partial charge is 0.338 e. The molecule has 1 aromatic carbocycles. The third-order valence-corrected chi connectivity index (χ3v) is 3.57. The Labute approximate surface area is 148 Å². The van der Waals surface area contributed by atoms with Gasteiger partial charge in [-0.1, -0.05) is 12.1 Å². The van der Waals surface area contributed by atoms with Gasteiger partial charge >= 0.3 is 5.97 Å². The van der Waals surface area contributed by atoms with Crippen LogP contribution < -0.4 is 17.0 Å². The molecule has 2 nitrogen and oxygen atoms in total. The summed E-state index contributed by atoms with van der Waals surface area (Å²) in [5, 5.41) is 3.17. The number of halogens is 2. The molecule has 0 spiro atoms. The van der Waals surface area contributed by atoms with Gasteiger partial charge in [-0.05, 0) is 46.6 Å². The Kier molecular flexibility index (Phi) is 9.00. The van der Waals surface area contributed by atoms with Crippen molar-refractivity contribution in [2.45, 2.75) is 6.92 Å². The van der Waals surface area contributed by atoms with Crippen LogP contribution >= 0.6 is 27.3 Å². The van der Waals surface area contributed by atoms with E-state index in [0.29, 0.717) is 12.2 Å². The van der Waals surface area contributed by atoms with Crippen LogP contribution in [0.4, 0.5) is 0 Å². The van der Waals surface area contributed by atoms with Crippen molar-refractivity contribution < 1.29 is 46.0 Å². The second-order valence-electron chi connectivity index (χ2n) is 3.36. The van der Waals surface area contributed by atoms with E-state index in [2.05, 4.69) is 21.3 Å². The molecule has 0 aliphatic rings. The molecule has 1 radical (unpaired) electrons. The van der Waals surface area contributed by atoms with Gasteiger partial charge in [0.1, 0.15) is 0 Å². The van der Waals surface area contributed by atoms with Crippen molar-refractivity contribution in [1.29, 1.82) is 0 Å². The molecule has 0 aliphatic carbocycles. The Balaban J connectivity index is 0.00000162. The van der Waals surface area contributed by atoms with Crippen LogP contribution in [0.3, 0.4) is 0 Å². The minimum atomic E-state index is -0.283. The molecule has 0 unspecified atom stereocenters. The van der Waals surface area contributed by atoms with Crippen molar-refractivity contribution in [3.05, 3.63) is 45.1 Å². The van der Waals surface area contributed by atoms with Crippen LogP contribution in [-0.4, -0.2) is 12.6 Å². The zero-order chi connectivity index (χ0) is 12.3. The third-order valence-electron chi connectivity index (χ3n) is 2.22. The van der Waals surface area contributed by atoms with Crippen LogP contribution in [0.5, 0.6) is 0 Å². The minimum Gasteiger partial charge on any atom is -1.00 e. The van der Waals surface area contributed by atoms with E-state index in [1.807, 2.05) is 18.2 Å². The van der Waals surface area contributed by atoms with Gasteiger partial charge in [0, 0.05) is 25.0 Å². The fourth-order valence-corrected chi connectivity index (χ4v) is 2.45. The Bertz CT molecular complexity index is 526. The maximum atomic E-state index is 11.5. The molecular formula is C13H10Br2O2SZn-. The van der Waals surface area contributed by atoms with E-state index >= 15 is 0 Å². The second-order valence-corrected chi connectivity index (χ2v) is 5.59. The largest absolute Gasteiger partial charge is 1.00 e. The summed E-state index contributed by atoms with van der Waals surface area (Å²) in [6.45, 7) is 2.19. The summed E-state index contributed by atoms with van der Waals surface area (Å²) in [4.78, 5) is 11.5. The molecule has 0 saturated carbocycles. The molecule has 2 rings (SSSR count). The number of esters is 1.